The van der Waals surface area contributed by atoms with Crippen molar-refractivity contribution in [3.05, 3.63) is 29.3 Å². The second kappa shape index (κ2) is 12.4. The normalized spacial score (nSPS) is 15.6. The number of hydrogen-bond donors (Lipinski definition) is 3. The highest BCUT2D eigenvalue weighted by molar-refractivity contribution is 5.97. The zero-order valence-corrected chi connectivity index (χ0v) is 17.9. The number of anilines is 1. The molecule has 1 heterocycles. The van der Waals surface area contributed by atoms with Gasteiger partial charge >= 0.3 is 0 Å². The minimum Gasteiger partial charge on any atom is -0.382 e. The first-order valence-electron chi connectivity index (χ1n) is 9.06. The van der Waals surface area contributed by atoms with Crippen LogP contribution in [-0.4, -0.2) is 56.1 Å². The molecule has 1 aliphatic heterocycles. The molecule has 1 fully saturated rings. The molecule has 5 nitrogen and oxygen atoms in total. The van der Waals surface area contributed by atoms with Crippen molar-refractivity contribution >= 4 is 36.4 Å². The van der Waals surface area contributed by atoms with Crippen LogP contribution in [0.1, 0.15) is 36.7 Å². The van der Waals surface area contributed by atoms with Crippen LogP contribution >= 0.6 is 24.8 Å². The van der Waals surface area contributed by atoms with Crippen LogP contribution in [0, 0.1) is 12.8 Å². The topological polar surface area (TPSA) is 56.4 Å². The Morgan fingerprint density at radius 1 is 1.19 bits per heavy atom. The highest BCUT2D eigenvalue weighted by atomic mass is 35.5. The van der Waals surface area contributed by atoms with Gasteiger partial charge in [0.2, 0.25) is 0 Å². The summed E-state index contributed by atoms with van der Waals surface area (Å²) in [6.07, 6.45) is 0. The summed E-state index contributed by atoms with van der Waals surface area (Å²) in [7, 11) is 0. The van der Waals surface area contributed by atoms with Crippen molar-refractivity contribution < 1.29 is 4.79 Å². The summed E-state index contributed by atoms with van der Waals surface area (Å²) in [5.41, 5.74) is 2.83. The minimum atomic E-state index is 0. The number of rotatable bonds is 7. The quantitative estimate of drug-likeness (QED) is 0.653. The number of nitrogens with zero attached hydrogens (tertiary/aromatic N) is 1. The molecule has 2 rings (SSSR count). The number of hydrogen-bond acceptors (Lipinski definition) is 4. The predicted molar refractivity (Wildman–Crippen MR) is 115 cm³/mol. The van der Waals surface area contributed by atoms with Crippen LogP contribution in [0.25, 0.3) is 0 Å². The molecule has 1 amide bonds. The fourth-order valence-corrected chi connectivity index (χ4v) is 2.81. The van der Waals surface area contributed by atoms with Crippen LogP contribution in [0.2, 0.25) is 0 Å². The third-order valence-electron chi connectivity index (χ3n) is 4.88. The summed E-state index contributed by atoms with van der Waals surface area (Å²) in [6, 6.07) is 6.27. The Morgan fingerprint density at radius 3 is 2.46 bits per heavy atom. The summed E-state index contributed by atoms with van der Waals surface area (Å²) < 4.78 is 0. The fraction of sp³-hybridized carbons (Fsp3) is 0.632. The van der Waals surface area contributed by atoms with Gasteiger partial charge in [0.25, 0.3) is 5.91 Å². The molecule has 26 heavy (non-hydrogen) atoms. The van der Waals surface area contributed by atoms with Gasteiger partial charge in [-0.3, -0.25) is 9.69 Å². The molecule has 1 aromatic rings. The van der Waals surface area contributed by atoms with E-state index in [4.69, 9.17) is 0 Å². The average molecular weight is 405 g/mol. The molecule has 1 saturated heterocycles. The summed E-state index contributed by atoms with van der Waals surface area (Å²) in [4.78, 5) is 14.9. The van der Waals surface area contributed by atoms with Crippen LogP contribution < -0.4 is 16.0 Å². The molecule has 0 spiro atoms. The lowest BCUT2D eigenvalue weighted by Crippen LogP contribution is -2.46. The Kier molecular flexibility index (Phi) is 11.9. The summed E-state index contributed by atoms with van der Waals surface area (Å²) in [5, 5.41) is 9.92. The molecule has 0 bridgehead atoms. The van der Waals surface area contributed by atoms with Crippen molar-refractivity contribution in [1.82, 2.24) is 15.5 Å². The lowest BCUT2D eigenvalue weighted by molar-refractivity contribution is 0.0946. The van der Waals surface area contributed by atoms with Gasteiger partial charge in [-0.15, -0.1) is 24.8 Å². The highest BCUT2D eigenvalue weighted by Gasteiger charge is 2.15. The summed E-state index contributed by atoms with van der Waals surface area (Å²) in [5.74, 6) is 0.560. The van der Waals surface area contributed by atoms with Gasteiger partial charge in [0.05, 0.1) is 0 Å². The molecule has 150 valence electrons. The van der Waals surface area contributed by atoms with Gasteiger partial charge in [0, 0.05) is 56.6 Å². The number of carbonyl (C=O) groups is 1. The van der Waals surface area contributed by atoms with Crippen molar-refractivity contribution in [2.75, 3.05) is 44.6 Å². The lowest BCUT2D eigenvalue weighted by Gasteiger charge is -2.27. The zero-order chi connectivity index (χ0) is 17.5. The van der Waals surface area contributed by atoms with Crippen molar-refractivity contribution in [1.29, 1.82) is 0 Å². The molecule has 0 saturated carbocycles. The van der Waals surface area contributed by atoms with Gasteiger partial charge in [-0.2, -0.15) is 0 Å². The minimum absolute atomic E-state index is 0. The molecule has 3 N–H and O–H groups in total. The molecule has 7 heteroatoms. The molecule has 0 aliphatic carbocycles. The average Bonchev–Trinajstić information content (AvgIpc) is 2.57. The molecular weight excluding hydrogens is 371 g/mol. The Hall–Kier alpha value is -1.01. The lowest BCUT2D eigenvalue weighted by atomic mass is 10.0. The number of carbonyl (C=O) groups excluding carboxylic acids is 1. The summed E-state index contributed by atoms with van der Waals surface area (Å²) in [6.45, 7) is 14.4. The Labute approximate surface area is 170 Å². The van der Waals surface area contributed by atoms with Crippen LogP contribution in [-0.2, 0) is 0 Å². The third kappa shape index (κ3) is 7.31. The monoisotopic (exact) mass is 404 g/mol. The predicted octanol–water partition coefficient (Wildman–Crippen LogP) is 2.93. The van der Waals surface area contributed by atoms with E-state index < -0.39 is 0 Å². The molecule has 1 aliphatic rings. The van der Waals surface area contributed by atoms with E-state index in [1.165, 1.54) is 0 Å². The largest absolute Gasteiger partial charge is 0.382 e. The van der Waals surface area contributed by atoms with E-state index in [1.54, 1.807) is 0 Å². The maximum absolute atomic E-state index is 12.5. The van der Waals surface area contributed by atoms with Gasteiger partial charge in [0.1, 0.15) is 0 Å². The van der Waals surface area contributed by atoms with E-state index >= 15 is 0 Å². The number of halogens is 2. The fourth-order valence-electron chi connectivity index (χ4n) is 2.81. The van der Waals surface area contributed by atoms with Gasteiger partial charge in [-0.25, -0.2) is 0 Å². The maximum atomic E-state index is 12.5. The molecule has 1 unspecified atom stereocenters. The molecular formula is C19H34Cl2N4O. The van der Waals surface area contributed by atoms with Crippen molar-refractivity contribution in [3.8, 4) is 0 Å². The molecule has 1 aromatic carbocycles. The third-order valence-corrected chi connectivity index (χ3v) is 4.88. The second-order valence-electron chi connectivity index (χ2n) is 7.00. The summed E-state index contributed by atoms with van der Waals surface area (Å²) >= 11 is 0. The first-order chi connectivity index (χ1) is 11.5. The van der Waals surface area contributed by atoms with Crippen molar-refractivity contribution in [2.24, 2.45) is 5.92 Å². The molecule has 1 atom stereocenters. The number of piperazine rings is 1. The van der Waals surface area contributed by atoms with Crippen LogP contribution in [0.15, 0.2) is 18.2 Å². The highest BCUT2D eigenvalue weighted by Crippen LogP contribution is 2.21. The van der Waals surface area contributed by atoms with Crippen LogP contribution in [0.4, 0.5) is 5.69 Å². The van der Waals surface area contributed by atoms with E-state index in [0.717, 1.165) is 49.5 Å². The SMILES string of the molecule is Cc1c(NC(C)C(C)C)cccc1C(=O)NCCN1CCNCC1.Cl.Cl. The van der Waals surface area contributed by atoms with Gasteiger partial charge in [-0.1, -0.05) is 19.9 Å². The Morgan fingerprint density at radius 2 is 1.85 bits per heavy atom. The van der Waals surface area contributed by atoms with E-state index in [2.05, 4.69) is 41.6 Å². The van der Waals surface area contributed by atoms with E-state index in [0.29, 0.717) is 18.5 Å². The first-order valence-corrected chi connectivity index (χ1v) is 9.06. The van der Waals surface area contributed by atoms with Crippen molar-refractivity contribution in [3.63, 3.8) is 0 Å². The van der Waals surface area contributed by atoms with E-state index in [9.17, 15) is 4.79 Å². The second-order valence-corrected chi connectivity index (χ2v) is 7.00. The molecule has 0 aromatic heterocycles. The number of nitrogens with one attached hydrogen (secondary N) is 3. The van der Waals surface area contributed by atoms with Gasteiger partial charge in [-0.05, 0) is 37.5 Å². The Balaban J connectivity index is 0.00000312. The van der Waals surface area contributed by atoms with Crippen LogP contribution in [0.5, 0.6) is 0 Å². The smallest absolute Gasteiger partial charge is 0.251 e. The van der Waals surface area contributed by atoms with E-state index in [1.807, 2.05) is 25.1 Å². The standard InChI is InChI=1S/C19H32N4O.2ClH/c1-14(2)16(4)22-18-7-5-6-17(15(18)3)19(24)21-10-13-23-11-8-20-9-12-23;;/h5-7,14,16,20,22H,8-13H2,1-4H3,(H,21,24);2*1H. The zero-order valence-electron chi connectivity index (χ0n) is 16.3. The number of benzene rings is 1. The van der Waals surface area contributed by atoms with Crippen molar-refractivity contribution in [2.45, 2.75) is 33.7 Å². The van der Waals surface area contributed by atoms with E-state index in [-0.39, 0.29) is 30.7 Å². The van der Waals surface area contributed by atoms with Gasteiger partial charge in [0.15, 0.2) is 0 Å². The Bertz CT molecular complexity index is 548. The first kappa shape index (κ1) is 25.0. The molecule has 0 radical (unpaired) electrons. The van der Waals surface area contributed by atoms with Crippen LogP contribution in [0.3, 0.4) is 0 Å². The van der Waals surface area contributed by atoms with Gasteiger partial charge < -0.3 is 16.0 Å². The number of amides is 1. The maximum Gasteiger partial charge on any atom is 0.251 e.